The van der Waals surface area contributed by atoms with Crippen molar-refractivity contribution in [2.24, 2.45) is 11.8 Å². The quantitative estimate of drug-likeness (QED) is 0.0517. The number of rotatable bonds is 14. The molecule has 5 aromatic rings. The standard InChI is InChI=1S/C16H20N2O2.C12H15FN2O3S.C11H13NO2.C9H10ClN.C9H10FN/c1-2-15(19)9-13-5-3-12(4-6-13)7-8-18-16(20)14-10-17-11-14;13-19(17,18)11-3-1-9(2-4-11)5-6-15-12(16)10-7-14-8-10;13-9-5-11(6-12-7-11)14-10-4-2-1-3-8(9)10;2*10-9-3-1-7(2-4-9)8-5-11-6-8/h2-6,14,17H,1,7-11H2,(H,18,20);1-4,10,14H,5-8H2,(H,15,16);1-4,9,12-13H,5-7H2;2*1-4,8,11H,5-6H2. The zero-order valence-electron chi connectivity index (χ0n) is 42.0. The number of amides is 2. The number of halogens is 3. The number of para-hydroxylation sites is 1. The number of hydrogen-bond donors (Lipinski definition) is 8. The Balaban J connectivity index is 0.000000139. The maximum absolute atomic E-state index is 12.7. The van der Waals surface area contributed by atoms with Gasteiger partial charge in [0, 0.05) is 114 Å². The third-order valence-corrected chi connectivity index (χ3v) is 15.0. The third-order valence-electron chi connectivity index (χ3n) is 13.9. The number of carbonyl (C=O) groups is 3. The molecular weight excluding hydrogens is 1000 g/mol. The second-order valence-electron chi connectivity index (χ2n) is 19.5. The molecule has 2 amide bonds. The minimum Gasteiger partial charge on any atom is -0.484 e. The normalized spacial score (nSPS) is 18.3. The van der Waals surface area contributed by atoms with E-state index in [1.54, 1.807) is 12.1 Å². The van der Waals surface area contributed by atoms with Crippen LogP contribution in [0, 0.1) is 17.7 Å². The molecule has 0 aliphatic carbocycles. The van der Waals surface area contributed by atoms with Gasteiger partial charge in [0.25, 0.3) is 0 Å². The van der Waals surface area contributed by atoms with Crippen LogP contribution in [-0.2, 0) is 43.9 Å². The number of fused-ring (bicyclic) bond motifs is 1. The highest BCUT2D eigenvalue weighted by atomic mass is 35.5. The molecule has 5 saturated heterocycles. The van der Waals surface area contributed by atoms with Crippen molar-refractivity contribution in [1.29, 1.82) is 0 Å². The molecule has 8 N–H and O–H groups in total. The predicted molar refractivity (Wildman–Crippen MR) is 288 cm³/mol. The molecule has 11 rings (SSSR count). The smallest absolute Gasteiger partial charge is 0.332 e. The van der Waals surface area contributed by atoms with Crippen LogP contribution in [0.3, 0.4) is 0 Å². The fraction of sp³-hybridized carbons (Fsp3) is 0.386. The first kappa shape index (κ1) is 56.8. The van der Waals surface area contributed by atoms with Crippen molar-refractivity contribution in [3.05, 3.63) is 178 Å². The second kappa shape index (κ2) is 27.8. The van der Waals surface area contributed by atoms with Gasteiger partial charge in [0.1, 0.15) is 17.2 Å². The van der Waals surface area contributed by atoms with E-state index in [4.69, 9.17) is 16.3 Å². The van der Waals surface area contributed by atoms with Gasteiger partial charge in [-0.25, -0.2) is 4.39 Å². The van der Waals surface area contributed by atoms with Gasteiger partial charge in [0.2, 0.25) is 11.8 Å². The Morgan fingerprint density at radius 2 is 1.13 bits per heavy atom. The highest BCUT2D eigenvalue weighted by Crippen LogP contribution is 2.41. The van der Waals surface area contributed by atoms with Crippen molar-refractivity contribution in [3.8, 4) is 5.75 Å². The predicted octanol–water partition coefficient (Wildman–Crippen LogP) is 5.47. The average Bonchev–Trinajstić information content (AvgIpc) is 3.31. The molecule has 75 heavy (non-hydrogen) atoms. The average molecular weight is 1070 g/mol. The van der Waals surface area contributed by atoms with Gasteiger partial charge in [-0.15, -0.1) is 3.89 Å². The van der Waals surface area contributed by atoms with E-state index < -0.39 is 10.2 Å². The van der Waals surface area contributed by atoms with Crippen LogP contribution in [0.15, 0.2) is 139 Å². The van der Waals surface area contributed by atoms with E-state index >= 15 is 0 Å². The molecule has 0 bridgehead atoms. The molecule has 6 aliphatic heterocycles. The molecule has 18 heteroatoms. The van der Waals surface area contributed by atoms with Gasteiger partial charge in [-0.05, 0) is 89.2 Å². The number of benzene rings is 5. The fourth-order valence-corrected chi connectivity index (χ4v) is 9.12. The van der Waals surface area contributed by atoms with Gasteiger partial charge >= 0.3 is 10.2 Å². The first-order valence-corrected chi connectivity index (χ1v) is 27.3. The van der Waals surface area contributed by atoms with Crippen molar-refractivity contribution in [1.82, 2.24) is 37.2 Å². The van der Waals surface area contributed by atoms with Crippen LogP contribution < -0.4 is 42.0 Å². The van der Waals surface area contributed by atoms with Crippen LogP contribution in [0.4, 0.5) is 8.28 Å². The van der Waals surface area contributed by atoms with Gasteiger partial charge in [0.05, 0.1) is 22.8 Å². The second-order valence-corrected chi connectivity index (χ2v) is 21.3. The first-order valence-electron chi connectivity index (χ1n) is 25.5. The Morgan fingerprint density at radius 3 is 1.56 bits per heavy atom. The number of allylic oxidation sites excluding steroid dienone is 1. The molecule has 5 aromatic carbocycles. The number of aliphatic hydroxyl groups is 1. The van der Waals surface area contributed by atoms with Crippen molar-refractivity contribution in [2.75, 3.05) is 78.5 Å². The molecule has 14 nitrogen and oxygen atoms in total. The molecule has 1 atom stereocenters. The first-order chi connectivity index (χ1) is 36.2. The minimum atomic E-state index is -4.64. The summed E-state index contributed by atoms with van der Waals surface area (Å²) >= 11 is 5.76. The molecule has 6 aliphatic rings. The largest absolute Gasteiger partial charge is 0.484 e. The van der Waals surface area contributed by atoms with Gasteiger partial charge in [-0.2, -0.15) is 8.42 Å². The summed E-state index contributed by atoms with van der Waals surface area (Å²) in [5.41, 5.74) is 6.41. The highest BCUT2D eigenvalue weighted by molar-refractivity contribution is 7.86. The molecule has 0 saturated carbocycles. The van der Waals surface area contributed by atoms with Crippen molar-refractivity contribution in [2.45, 2.75) is 54.1 Å². The zero-order chi connectivity index (χ0) is 53.2. The van der Waals surface area contributed by atoms with Crippen LogP contribution in [0.5, 0.6) is 5.75 Å². The number of nitrogens with one attached hydrogen (secondary N) is 7. The lowest BCUT2D eigenvalue weighted by Crippen LogP contribution is -2.64. The number of aliphatic hydroxyl groups excluding tert-OH is 1. The Labute approximate surface area is 444 Å². The lowest BCUT2D eigenvalue weighted by molar-refractivity contribution is -0.127. The van der Waals surface area contributed by atoms with Crippen LogP contribution in [-0.4, -0.2) is 115 Å². The van der Waals surface area contributed by atoms with Gasteiger partial charge in [-0.3, -0.25) is 14.4 Å². The van der Waals surface area contributed by atoms with Crippen LogP contribution in [0.1, 0.15) is 57.7 Å². The van der Waals surface area contributed by atoms with E-state index in [1.165, 1.54) is 41.5 Å². The van der Waals surface area contributed by atoms with Gasteiger partial charge in [-0.1, -0.05) is 97.0 Å². The SMILES string of the molecule is C=CC(=O)Cc1ccc(CCNC(=O)C2CNC2)cc1.Clc1ccc(C2CNC2)cc1.Fc1ccc(C2CNC2)cc1.O=C(NCCc1ccc(S(=O)(=O)F)cc1)C1CNC1.OC1CC2(CNC2)Oc2ccccc21. The van der Waals surface area contributed by atoms with E-state index in [0.717, 1.165) is 105 Å². The monoisotopic (exact) mass is 1070 g/mol. The maximum atomic E-state index is 12.7. The van der Waals surface area contributed by atoms with Crippen molar-refractivity contribution in [3.63, 3.8) is 0 Å². The molecule has 5 fully saturated rings. The highest BCUT2D eigenvalue weighted by Gasteiger charge is 2.45. The van der Waals surface area contributed by atoms with Gasteiger partial charge < -0.3 is 47.1 Å². The summed E-state index contributed by atoms with van der Waals surface area (Å²) in [6.45, 7) is 13.6. The van der Waals surface area contributed by atoms with Gasteiger partial charge in [0.15, 0.2) is 5.78 Å². The lowest BCUT2D eigenvalue weighted by Gasteiger charge is -2.47. The topological polar surface area (TPSA) is 199 Å². The lowest BCUT2D eigenvalue weighted by atomic mass is 9.84. The zero-order valence-corrected chi connectivity index (χ0v) is 43.5. The number of hydrogen-bond acceptors (Lipinski definition) is 12. The van der Waals surface area contributed by atoms with E-state index in [0.29, 0.717) is 44.2 Å². The summed E-state index contributed by atoms with van der Waals surface area (Å²) in [6, 6.07) is 36.1. The summed E-state index contributed by atoms with van der Waals surface area (Å²) in [7, 11) is -4.64. The van der Waals surface area contributed by atoms with Crippen LogP contribution >= 0.6 is 11.6 Å². The van der Waals surface area contributed by atoms with Crippen molar-refractivity contribution < 1.29 is 40.9 Å². The molecule has 0 aromatic heterocycles. The molecule has 1 unspecified atom stereocenters. The summed E-state index contributed by atoms with van der Waals surface area (Å²) in [5, 5.41) is 32.2. The van der Waals surface area contributed by atoms with Crippen LogP contribution in [0.25, 0.3) is 0 Å². The number of carbonyl (C=O) groups excluding carboxylic acids is 3. The molecule has 0 radical (unpaired) electrons. The molecule has 6 heterocycles. The van der Waals surface area contributed by atoms with E-state index in [1.807, 2.05) is 72.8 Å². The molecule has 1 spiro atoms. The number of ketones is 1. The fourth-order valence-electron chi connectivity index (χ4n) is 8.54. The Kier molecular flexibility index (Phi) is 21.0. The Morgan fingerprint density at radius 1 is 0.667 bits per heavy atom. The van der Waals surface area contributed by atoms with E-state index in [2.05, 4.69) is 55.9 Å². The van der Waals surface area contributed by atoms with Crippen LogP contribution in [0.2, 0.25) is 5.02 Å². The Bertz CT molecular complexity index is 2700. The van der Waals surface area contributed by atoms with Crippen molar-refractivity contribution >= 4 is 39.4 Å². The summed E-state index contributed by atoms with van der Waals surface area (Å²) in [5.74, 6) is 2.40. The van der Waals surface area contributed by atoms with E-state index in [-0.39, 0.29) is 51.9 Å². The summed E-state index contributed by atoms with van der Waals surface area (Å²) in [6.07, 6.45) is 3.47. The maximum Gasteiger partial charge on any atom is 0.332 e. The molecular formula is C57H68ClF2N7O7S. The number of ether oxygens (including phenoxy) is 1. The summed E-state index contributed by atoms with van der Waals surface area (Å²) in [4.78, 5) is 34.0. The Hall–Kier alpha value is -5.89. The molecule has 400 valence electrons. The third kappa shape index (κ3) is 17.3. The van der Waals surface area contributed by atoms with E-state index in [9.17, 15) is 36.2 Å². The minimum absolute atomic E-state index is 0.0270. The summed E-state index contributed by atoms with van der Waals surface area (Å²) < 4.78 is 52.3.